The number of nitrogens with zero attached hydrogens (tertiary/aromatic N) is 5. The van der Waals surface area contributed by atoms with Crippen LogP contribution in [0.2, 0.25) is 10.0 Å². The van der Waals surface area contributed by atoms with Crippen LogP contribution in [-0.2, 0) is 13.0 Å². The zero-order valence-electron chi connectivity index (χ0n) is 20.5. The molecular weight excluding hydrogens is 513 g/mol. The van der Waals surface area contributed by atoms with Crippen molar-refractivity contribution in [1.29, 1.82) is 0 Å². The summed E-state index contributed by atoms with van der Waals surface area (Å²) in [5, 5.41) is 14.6. The van der Waals surface area contributed by atoms with Crippen LogP contribution in [0.4, 0.5) is 5.95 Å². The van der Waals surface area contributed by atoms with Gasteiger partial charge in [-0.3, -0.25) is 9.59 Å². The summed E-state index contributed by atoms with van der Waals surface area (Å²) in [6.45, 7) is 6.08. The quantitative estimate of drug-likeness (QED) is 0.380. The Bertz CT molecular complexity index is 1530. The minimum Gasteiger partial charge on any atom is -0.353 e. The minimum atomic E-state index is -0.220. The topological polar surface area (TPSA) is 109 Å². The maximum absolute atomic E-state index is 13.9. The summed E-state index contributed by atoms with van der Waals surface area (Å²) in [6, 6.07) is 12.1. The van der Waals surface area contributed by atoms with E-state index in [4.69, 9.17) is 28.2 Å². The summed E-state index contributed by atoms with van der Waals surface area (Å²) in [6.07, 6.45) is 2.00. The number of fused-ring (bicyclic) bond motifs is 1. The van der Waals surface area contributed by atoms with Crippen molar-refractivity contribution in [2.45, 2.75) is 45.8 Å². The van der Waals surface area contributed by atoms with E-state index >= 15 is 0 Å². The number of rotatable bonds is 5. The lowest BCUT2D eigenvalue weighted by Crippen LogP contribution is -2.46. The standard InChI is InChI=1S/C26H25Cl2N7O2/c1-14(2)30-26-31-23-13-34(24(36)17-7-8-20(27)21(28)11-17)15(3)9-19(23)25(37)35(26)18-6-4-5-16(10-18)22-12-29-33-32-22/h4-8,10-12,14-15H,9,13H2,1-3H3,(H,30,31)(H,29,32,33)/t15-/m1/s1. The van der Waals surface area contributed by atoms with Gasteiger partial charge in [-0.05, 0) is 57.5 Å². The normalized spacial score (nSPS) is 15.1. The number of amides is 1. The first kappa shape index (κ1) is 25.0. The van der Waals surface area contributed by atoms with Gasteiger partial charge in [0, 0.05) is 28.8 Å². The molecule has 1 aliphatic rings. The van der Waals surface area contributed by atoms with Crippen LogP contribution >= 0.6 is 23.2 Å². The highest BCUT2D eigenvalue weighted by Crippen LogP contribution is 2.28. The van der Waals surface area contributed by atoms with Crippen molar-refractivity contribution in [1.82, 2.24) is 29.9 Å². The van der Waals surface area contributed by atoms with Gasteiger partial charge in [-0.25, -0.2) is 9.55 Å². The van der Waals surface area contributed by atoms with Gasteiger partial charge in [-0.1, -0.05) is 35.3 Å². The first-order valence-electron chi connectivity index (χ1n) is 11.9. The van der Waals surface area contributed by atoms with E-state index in [1.165, 1.54) is 0 Å². The number of nitrogens with one attached hydrogen (secondary N) is 2. The van der Waals surface area contributed by atoms with Gasteiger partial charge in [0.05, 0.1) is 34.2 Å². The Kier molecular flexibility index (Phi) is 6.74. The molecule has 1 amide bonds. The van der Waals surface area contributed by atoms with E-state index in [1.54, 1.807) is 33.9 Å². The van der Waals surface area contributed by atoms with Crippen molar-refractivity contribution in [3.63, 3.8) is 0 Å². The predicted molar refractivity (Wildman–Crippen MR) is 143 cm³/mol. The number of carbonyl (C=O) groups is 1. The smallest absolute Gasteiger partial charge is 0.263 e. The number of H-pyrrole nitrogens is 1. The summed E-state index contributed by atoms with van der Waals surface area (Å²) < 4.78 is 1.59. The maximum atomic E-state index is 13.9. The molecule has 0 bridgehead atoms. The summed E-state index contributed by atoms with van der Waals surface area (Å²) in [7, 11) is 0. The molecule has 0 aliphatic carbocycles. The van der Waals surface area contributed by atoms with Crippen LogP contribution in [-0.4, -0.2) is 47.9 Å². The number of anilines is 1. The lowest BCUT2D eigenvalue weighted by Gasteiger charge is -2.35. The maximum Gasteiger partial charge on any atom is 0.263 e. The van der Waals surface area contributed by atoms with Gasteiger partial charge in [-0.15, -0.1) is 0 Å². The number of aromatic nitrogens is 5. The Labute approximate surface area is 223 Å². The average molecular weight is 538 g/mol. The zero-order valence-corrected chi connectivity index (χ0v) is 22.0. The minimum absolute atomic E-state index is 0.0198. The highest BCUT2D eigenvalue weighted by Gasteiger charge is 2.32. The van der Waals surface area contributed by atoms with Crippen LogP contribution in [0.5, 0.6) is 0 Å². The molecule has 0 unspecified atom stereocenters. The summed E-state index contributed by atoms with van der Waals surface area (Å²) in [5.41, 5.74) is 3.57. The van der Waals surface area contributed by atoms with Gasteiger partial charge < -0.3 is 10.2 Å². The second kappa shape index (κ2) is 9.99. The van der Waals surface area contributed by atoms with E-state index in [0.29, 0.717) is 50.6 Å². The van der Waals surface area contributed by atoms with Crippen molar-refractivity contribution in [2.75, 3.05) is 5.32 Å². The first-order valence-corrected chi connectivity index (χ1v) is 12.6. The number of hydrogen-bond donors (Lipinski definition) is 2. The molecule has 11 heteroatoms. The molecule has 1 atom stereocenters. The van der Waals surface area contributed by atoms with Crippen LogP contribution in [0.1, 0.15) is 42.4 Å². The first-order chi connectivity index (χ1) is 17.7. The Morgan fingerprint density at radius 1 is 1.16 bits per heavy atom. The Hall–Kier alpha value is -3.69. The predicted octanol–water partition coefficient (Wildman–Crippen LogP) is 4.73. The molecule has 2 aromatic carbocycles. The molecular formula is C26H25Cl2N7O2. The number of carbonyl (C=O) groups excluding carboxylic acids is 1. The van der Waals surface area contributed by atoms with E-state index in [-0.39, 0.29) is 30.1 Å². The molecule has 0 fully saturated rings. The summed E-state index contributed by atoms with van der Waals surface area (Å²) in [5.74, 6) is 0.217. The van der Waals surface area contributed by atoms with Gasteiger partial charge in [0.25, 0.3) is 11.5 Å². The van der Waals surface area contributed by atoms with Crippen LogP contribution in [0.25, 0.3) is 16.9 Å². The van der Waals surface area contributed by atoms with Gasteiger partial charge >= 0.3 is 0 Å². The number of aromatic amines is 1. The summed E-state index contributed by atoms with van der Waals surface area (Å²) in [4.78, 5) is 33.8. The van der Waals surface area contributed by atoms with Crippen molar-refractivity contribution in [3.05, 3.63) is 85.9 Å². The molecule has 9 nitrogen and oxygen atoms in total. The lowest BCUT2D eigenvalue weighted by atomic mass is 9.98. The molecule has 190 valence electrons. The van der Waals surface area contributed by atoms with Crippen molar-refractivity contribution >= 4 is 35.1 Å². The number of hydrogen-bond acceptors (Lipinski definition) is 6. The van der Waals surface area contributed by atoms with Crippen LogP contribution in [0, 0.1) is 0 Å². The van der Waals surface area contributed by atoms with E-state index in [2.05, 4.69) is 20.7 Å². The third-order valence-electron chi connectivity index (χ3n) is 6.27. The SMILES string of the molecule is CC(C)Nc1nc2c(c(=O)n1-c1cccc(-c3cn[nH]n3)c1)C[C@@H](C)N(C(=O)c1ccc(Cl)c(Cl)c1)C2. The van der Waals surface area contributed by atoms with Gasteiger partial charge in [0.2, 0.25) is 5.95 Å². The second-order valence-electron chi connectivity index (χ2n) is 9.32. The van der Waals surface area contributed by atoms with Crippen molar-refractivity contribution < 1.29 is 4.79 Å². The Morgan fingerprint density at radius 2 is 1.97 bits per heavy atom. The van der Waals surface area contributed by atoms with Crippen LogP contribution in [0.3, 0.4) is 0 Å². The molecule has 2 aromatic heterocycles. The molecule has 0 saturated heterocycles. The average Bonchev–Trinajstić information content (AvgIpc) is 3.41. The fraction of sp³-hybridized carbons (Fsp3) is 0.269. The van der Waals surface area contributed by atoms with E-state index in [9.17, 15) is 9.59 Å². The second-order valence-corrected chi connectivity index (χ2v) is 10.1. The monoisotopic (exact) mass is 537 g/mol. The van der Waals surface area contributed by atoms with Gasteiger partial charge in [0.15, 0.2) is 0 Å². The third kappa shape index (κ3) is 4.84. The lowest BCUT2D eigenvalue weighted by molar-refractivity contribution is 0.0653. The molecule has 0 radical (unpaired) electrons. The largest absolute Gasteiger partial charge is 0.353 e. The number of benzene rings is 2. The number of halogens is 2. The fourth-order valence-corrected chi connectivity index (χ4v) is 4.76. The van der Waals surface area contributed by atoms with Gasteiger partial charge in [-0.2, -0.15) is 15.4 Å². The summed E-state index contributed by atoms with van der Waals surface area (Å²) >= 11 is 12.2. The molecule has 0 saturated carbocycles. The van der Waals surface area contributed by atoms with Gasteiger partial charge in [0.1, 0.15) is 5.69 Å². The highest BCUT2D eigenvalue weighted by molar-refractivity contribution is 6.42. The molecule has 3 heterocycles. The molecule has 4 aromatic rings. The Morgan fingerprint density at radius 3 is 2.68 bits per heavy atom. The fourth-order valence-electron chi connectivity index (χ4n) is 4.47. The third-order valence-corrected chi connectivity index (χ3v) is 7.01. The zero-order chi connectivity index (χ0) is 26.3. The van der Waals surface area contributed by atoms with Crippen LogP contribution < -0.4 is 10.9 Å². The van der Waals surface area contributed by atoms with E-state index in [0.717, 1.165) is 5.56 Å². The van der Waals surface area contributed by atoms with Crippen LogP contribution in [0.15, 0.2) is 53.5 Å². The van der Waals surface area contributed by atoms with Crippen molar-refractivity contribution in [3.8, 4) is 16.9 Å². The van der Waals surface area contributed by atoms with Crippen molar-refractivity contribution in [2.24, 2.45) is 0 Å². The molecule has 5 rings (SSSR count). The molecule has 37 heavy (non-hydrogen) atoms. The Balaban J connectivity index is 1.57. The highest BCUT2D eigenvalue weighted by atomic mass is 35.5. The molecule has 0 spiro atoms. The van der Waals surface area contributed by atoms with E-state index in [1.807, 2.05) is 45.0 Å². The molecule has 1 aliphatic heterocycles. The molecule has 2 N–H and O–H groups in total. The van der Waals surface area contributed by atoms with E-state index < -0.39 is 0 Å².